The Labute approximate surface area is 155 Å². The van der Waals surface area contributed by atoms with E-state index >= 15 is 0 Å². The molecule has 1 aliphatic heterocycles. The van der Waals surface area contributed by atoms with E-state index in [-0.39, 0.29) is 18.0 Å². The molecule has 4 rings (SSSR count). The van der Waals surface area contributed by atoms with Crippen LogP contribution in [0.4, 0.5) is 0 Å². The summed E-state index contributed by atoms with van der Waals surface area (Å²) in [6.07, 6.45) is 7.93. The zero-order chi connectivity index (χ0) is 16.9. The second-order valence-corrected chi connectivity index (χ2v) is 8.02. The molecule has 1 aromatic heterocycles. The summed E-state index contributed by atoms with van der Waals surface area (Å²) >= 11 is 0. The molecule has 3 atom stereocenters. The molecule has 2 saturated carbocycles. The van der Waals surface area contributed by atoms with Gasteiger partial charge in [-0.05, 0) is 50.3 Å². The van der Waals surface area contributed by atoms with E-state index in [0.717, 1.165) is 18.7 Å². The molecule has 2 N–H and O–H groups in total. The first-order chi connectivity index (χ1) is 11.5. The molecule has 3 aliphatic rings. The summed E-state index contributed by atoms with van der Waals surface area (Å²) in [7, 11) is 1.82. The highest BCUT2D eigenvalue weighted by Crippen LogP contribution is 2.55. The summed E-state index contributed by atoms with van der Waals surface area (Å²) in [6, 6.07) is 3.86. The van der Waals surface area contributed by atoms with Crippen molar-refractivity contribution in [3.63, 3.8) is 0 Å². The van der Waals surface area contributed by atoms with E-state index in [0.29, 0.717) is 23.1 Å². The topological polar surface area (TPSA) is 68.5 Å². The predicted octanol–water partition coefficient (Wildman–Crippen LogP) is 2.73. The fourth-order valence-corrected chi connectivity index (χ4v) is 5.10. The predicted molar refractivity (Wildman–Crippen MR) is 98.7 cm³/mol. The number of halogens is 1. The molecule has 138 valence electrons. The number of ether oxygens (including phenoxy) is 1. The molecule has 2 aliphatic carbocycles. The molecule has 0 spiro atoms. The number of aromatic nitrogens is 1. The zero-order valence-electron chi connectivity index (χ0n) is 15.0. The molecule has 3 fully saturated rings. The summed E-state index contributed by atoms with van der Waals surface area (Å²) in [5, 5.41) is 0. The average molecular weight is 366 g/mol. The van der Waals surface area contributed by atoms with Gasteiger partial charge in [0.1, 0.15) is 11.3 Å². The van der Waals surface area contributed by atoms with Crippen LogP contribution in [0.15, 0.2) is 18.3 Å². The minimum Gasteiger partial charge on any atom is -0.373 e. The van der Waals surface area contributed by atoms with Crippen molar-refractivity contribution in [1.29, 1.82) is 0 Å². The van der Waals surface area contributed by atoms with E-state index < -0.39 is 5.91 Å². The molecule has 2 bridgehead atoms. The molecule has 1 saturated heterocycles. The molecule has 25 heavy (non-hydrogen) atoms. The van der Waals surface area contributed by atoms with Gasteiger partial charge in [0.2, 0.25) is 0 Å². The molecular weight excluding hydrogens is 338 g/mol. The van der Waals surface area contributed by atoms with Crippen molar-refractivity contribution in [1.82, 2.24) is 9.88 Å². The lowest BCUT2D eigenvalue weighted by Gasteiger charge is -2.56. The van der Waals surface area contributed by atoms with Crippen LogP contribution < -0.4 is 5.73 Å². The standard InChI is InChI=1S/C19H27N3O2.ClH/c1-18(7-8-18)22-11-14-4-3-5-15(12-22)19(14,24-2)13-6-9-21-16(10-13)17(20)23;/h6,9-10,14-15H,3-5,7-8,11-12H2,1-2H3,(H2,20,23);1H/t14-,15+,19?;. The molecule has 1 amide bonds. The molecular formula is C19H28ClN3O2. The summed E-state index contributed by atoms with van der Waals surface area (Å²) in [5.41, 5.74) is 6.95. The van der Waals surface area contributed by atoms with Gasteiger partial charge in [-0.1, -0.05) is 6.42 Å². The smallest absolute Gasteiger partial charge is 0.267 e. The molecule has 0 aromatic carbocycles. The van der Waals surface area contributed by atoms with Gasteiger partial charge in [-0.3, -0.25) is 14.7 Å². The first kappa shape index (κ1) is 18.6. The van der Waals surface area contributed by atoms with E-state index in [2.05, 4.69) is 16.8 Å². The minimum absolute atomic E-state index is 0. The first-order valence-corrected chi connectivity index (χ1v) is 9.06. The zero-order valence-corrected chi connectivity index (χ0v) is 15.8. The Morgan fingerprint density at radius 2 is 1.96 bits per heavy atom. The van der Waals surface area contributed by atoms with Gasteiger partial charge in [0.15, 0.2) is 0 Å². The normalized spacial score (nSPS) is 33.4. The monoisotopic (exact) mass is 365 g/mol. The largest absolute Gasteiger partial charge is 0.373 e. The number of carbonyl (C=O) groups excluding carboxylic acids is 1. The Bertz CT molecular complexity index is 648. The third-order valence-corrected chi connectivity index (χ3v) is 6.74. The van der Waals surface area contributed by atoms with Crippen LogP contribution in [0.25, 0.3) is 0 Å². The van der Waals surface area contributed by atoms with Gasteiger partial charge < -0.3 is 10.5 Å². The number of methoxy groups -OCH3 is 1. The van der Waals surface area contributed by atoms with Gasteiger partial charge in [-0.15, -0.1) is 12.4 Å². The quantitative estimate of drug-likeness (QED) is 0.890. The number of piperidine rings is 1. The molecule has 6 heteroatoms. The maximum Gasteiger partial charge on any atom is 0.267 e. The Morgan fingerprint density at radius 3 is 2.48 bits per heavy atom. The van der Waals surface area contributed by atoms with Crippen molar-refractivity contribution >= 4 is 18.3 Å². The summed E-state index contributed by atoms with van der Waals surface area (Å²) in [4.78, 5) is 18.4. The molecule has 0 radical (unpaired) electrons. The van der Waals surface area contributed by atoms with Crippen molar-refractivity contribution in [3.05, 3.63) is 29.6 Å². The summed E-state index contributed by atoms with van der Waals surface area (Å²) < 4.78 is 6.24. The second kappa shape index (κ2) is 6.53. The summed E-state index contributed by atoms with van der Waals surface area (Å²) in [6.45, 7) is 4.55. The maximum absolute atomic E-state index is 11.6. The number of hydrogen-bond donors (Lipinski definition) is 1. The molecule has 1 unspecified atom stereocenters. The van der Waals surface area contributed by atoms with Crippen LogP contribution in [-0.2, 0) is 10.3 Å². The van der Waals surface area contributed by atoms with Crippen molar-refractivity contribution < 1.29 is 9.53 Å². The van der Waals surface area contributed by atoms with Crippen LogP contribution in [0.2, 0.25) is 0 Å². The lowest BCUT2D eigenvalue weighted by Crippen LogP contribution is -2.61. The molecule has 2 heterocycles. The van der Waals surface area contributed by atoms with E-state index in [1.807, 2.05) is 19.2 Å². The molecule has 1 aromatic rings. The number of likely N-dealkylation sites (tertiary alicyclic amines) is 1. The lowest BCUT2D eigenvalue weighted by molar-refractivity contribution is -0.175. The van der Waals surface area contributed by atoms with Crippen LogP contribution >= 0.6 is 12.4 Å². The highest BCUT2D eigenvalue weighted by molar-refractivity contribution is 5.90. The number of primary amides is 1. The highest BCUT2D eigenvalue weighted by Gasteiger charge is 2.57. The van der Waals surface area contributed by atoms with Crippen LogP contribution in [-0.4, -0.2) is 41.5 Å². The number of hydrogen-bond acceptors (Lipinski definition) is 4. The number of carbonyl (C=O) groups is 1. The minimum atomic E-state index is -0.476. The van der Waals surface area contributed by atoms with E-state index in [1.165, 1.54) is 32.1 Å². The SMILES string of the molecule is COC1(c2ccnc(C(N)=O)c2)[C@@H]2CCC[C@H]1CN(C1(C)CC1)C2.Cl. The highest BCUT2D eigenvalue weighted by atomic mass is 35.5. The third-order valence-electron chi connectivity index (χ3n) is 6.74. The number of nitrogens with zero attached hydrogens (tertiary/aromatic N) is 2. The average Bonchev–Trinajstić information content (AvgIpc) is 3.32. The maximum atomic E-state index is 11.6. The Morgan fingerprint density at radius 1 is 1.32 bits per heavy atom. The van der Waals surface area contributed by atoms with E-state index in [1.54, 1.807) is 6.20 Å². The van der Waals surface area contributed by atoms with Gasteiger partial charge in [0.25, 0.3) is 5.91 Å². The van der Waals surface area contributed by atoms with Gasteiger partial charge in [-0.2, -0.15) is 0 Å². The van der Waals surface area contributed by atoms with Gasteiger partial charge in [0.05, 0.1) is 0 Å². The van der Waals surface area contributed by atoms with Crippen LogP contribution in [0.5, 0.6) is 0 Å². The van der Waals surface area contributed by atoms with Crippen molar-refractivity contribution in [3.8, 4) is 0 Å². The number of pyridine rings is 1. The Hall–Kier alpha value is -1.17. The van der Waals surface area contributed by atoms with Crippen LogP contribution in [0.3, 0.4) is 0 Å². The van der Waals surface area contributed by atoms with Gasteiger partial charge in [-0.25, -0.2) is 0 Å². The number of fused-ring (bicyclic) bond motifs is 2. The number of rotatable bonds is 4. The first-order valence-electron chi connectivity index (χ1n) is 9.06. The Kier molecular flexibility index (Phi) is 4.86. The van der Waals surface area contributed by atoms with Crippen molar-refractivity contribution in [2.24, 2.45) is 17.6 Å². The molecule has 5 nitrogen and oxygen atoms in total. The third kappa shape index (κ3) is 2.86. The van der Waals surface area contributed by atoms with Gasteiger partial charge in [0, 0.05) is 43.8 Å². The Balaban J connectivity index is 0.00000182. The van der Waals surface area contributed by atoms with Crippen LogP contribution in [0.1, 0.15) is 55.1 Å². The fraction of sp³-hybridized carbons (Fsp3) is 0.684. The van der Waals surface area contributed by atoms with E-state index in [4.69, 9.17) is 10.5 Å². The number of amides is 1. The second-order valence-electron chi connectivity index (χ2n) is 8.02. The number of nitrogens with two attached hydrogens (primary N) is 1. The van der Waals surface area contributed by atoms with E-state index in [9.17, 15) is 4.79 Å². The van der Waals surface area contributed by atoms with Gasteiger partial charge >= 0.3 is 0 Å². The summed E-state index contributed by atoms with van der Waals surface area (Å²) in [5.74, 6) is 0.433. The van der Waals surface area contributed by atoms with Crippen LogP contribution in [0, 0.1) is 11.8 Å². The van der Waals surface area contributed by atoms with Crippen molar-refractivity contribution in [2.45, 2.75) is 50.2 Å². The fourth-order valence-electron chi connectivity index (χ4n) is 5.10. The van der Waals surface area contributed by atoms with Crippen molar-refractivity contribution in [2.75, 3.05) is 20.2 Å². The lowest BCUT2D eigenvalue weighted by atomic mass is 9.62.